The number of sulfonamides is 1. The summed E-state index contributed by atoms with van der Waals surface area (Å²) in [4.78, 5) is -0.0240. The van der Waals surface area contributed by atoms with Crippen molar-refractivity contribution in [3.05, 3.63) is 47.8 Å². The van der Waals surface area contributed by atoms with Crippen molar-refractivity contribution < 1.29 is 26.3 Å². The van der Waals surface area contributed by atoms with Crippen molar-refractivity contribution in [1.29, 1.82) is 0 Å². The van der Waals surface area contributed by atoms with Gasteiger partial charge in [-0.15, -0.1) is 5.10 Å². The molecule has 4 rings (SSSR count). The molecule has 1 N–H and O–H groups in total. The Morgan fingerprint density at radius 2 is 1.87 bits per heavy atom. The zero-order chi connectivity index (χ0) is 21.5. The molecule has 2 aromatic carbocycles. The number of anilines is 2. The Morgan fingerprint density at radius 3 is 2.53 bits per heavy atom. The van der Waals surface area contributed by atoms with Gasteiger partial charge in [0.15, 0.2) is 5.82 Å². The predicted molar refractivity (Wildman–Crippen MR) is 105 cm³/mol. The number of ether oxygens (including phenoxy) is 1. The number of nitrogens with one attached hydrogen (secondary N) is 1. The van der Waals surface area contributed by atoms with Crippen LogP contribution in [0.1, 0.15) is 12.1 Å². The number of benzene rings is 2. The molecule has 1 fully saturated rings. The first kappa shape index (κ1) is 20.6. The molecule has 0 bridgehead atoms. The van der Waals surface area contributed by atoms with E-state index in [1.165, 1.54) is 40.7 Å². The number of fused-ring (bicyclic) bond motifs is 1. The van der Waals surface area contributed by atoms with E-state index in [0.29, 0.717) is 29.1 Å². The van der Waals surface area contributed by atoms with E-state index in [9.17, 15) is 21.6 Å². The first-order chi connectivity index (χ1) is 14.3. The van der Waals surface area contributed by atoms with Crippen LogP contribution in [0.5, 0.6) is 0 Å². The van der Waals surface area contributed by atoms with Crippen LogP contribution in [0.15, 0.2) is 41.3 Å². The average molecular weight is 440 g/mol. The van der Waals surface area contributed by atoms with Gasteiger partial charge in [-0.3, -0.25) is 0 Å². The molecule has 7 nitrogen and oxygen atoms in total. The second kappa shape index (κ2) is 7.89. The standard InChI is InChI=1S/C19H19F3N4O3S/c1-12-10-13(2-4-16(12)20)23-18-15-11-14(3-5-17(15)26(24-18)19(21)22)30(27,28)25-6-8-29-9-7-25/h2-5,10-11,19H,6-9H2,1H3,(H,23,24). The fraction of sp³-hybridized carbons (Fsp3) is 0.316. The maximum Gasteiger partial charge on any atom is 0.333 e. The maximum atomic E-state index is 13.5. The summed E-state index contributed by atoms with van der Waals surface area (Å²) in [7, 11) is -3.82. The lowest BCUT2D eigenvalue weighted by Crippen LogP contribution is -2.40. The van der Waals surface area contributed by atoms with E-state index < -0.39 is 22.4 Å². The number of alkyl halides is 2. The molecule has 0 unspecified atom stereocenters. The first-order valence-electron chi connectivity index (χ1n) is 9.19. The molecule has 1 aliphatic heterocycles. The lowest BCUT2D eigenvalue weighted by Gasteiger charge is -2.26. The summed E-state index contributed by atoms with van der Waals surface area (Å²) < 4.78 is 73.4. The van der Waals surface area contributed by atoms with Gasteiger partial charge >= 0.3 is 6.55 Å². The minimum absolute atomic E-state index is 0.0240. The van der Waals surface area contributed by atoms with Crippen LogP contribution < -0.4 is 5.32 Å². The molecule has 160 valence electrons. The topological polar surface area (TPSA) is 76.5 Å². The van der Waals surface area contributed by atoms with E-state index in [1.54, 1.807) is 6.92 Å². The van der Waals surface area contributed by atoms with Gasteiger partial charge in [-0.25, -0.2) is 17.5 Å². The molecule has 11 heteroatoms. The highest BCUT2D eigenvalue weighted by molar-refractivity contribution is 7.89. The van der Waals surface area contributed by atoms with Gasteiger partial charge in [-0.1, -0.05) is 0 Å². The number of rotatable bonds is 5. The largest absolute Gasteiger partial charge is 0.379 e. The number of hydrogen-bond donors (Lipinski definition) is 1. The van der Waals surface area contributed by atoms with Crippen LogP contribution in [-0.4, -0.2) is 48.8 Å². The molecule has 0 spiro atoms. The van der Waals surface area contributed by atoms with Crippen molar-refractivity contribution in [2.75, 3.05) is 31.6 Å². The van der Waals surface area contributed by atoms with Crippen molar-refractivity contribution in [3.8, 4) is 0 Å². The summed E-state index contributed by atoms with van der Waals surface area (Å²) in [6, 6.07) is 8.13. The molecule has 0 radical (unpaired) electrons. The smallest absolute Gasteiger partial charge is 0.333 e. The molecule has 3 aromatic rings. The monoisotopic (exact) mass is 440 g/mol. The number of nitrogens with zero attached hydrogens (tertiary/aromatic N) is 3. The number of halogens is 3. The van der Waals surface area contributed by atoms with Crippen molar-refractivity contribution in [1.82, 2.24) is 14.1 Å². The predicted octanol–water partition coefficient (Wildman–Crippen LogP) is 3.64. The molecule has 0 atom stereocenters. The van der Waals surface area contributed by atoms with Crippen LogP contribution in [0.2, 0.25) is 0 Å². The fourth-order valence-electron chi connectivity index (χ4n) is 3.32. The Bertz CT molecular complexity index is 1190. The molecule has 1 aromatic heterocycles. The molecular weight excluding hydrogens is 421 g/mol. The van der Waals surface area contributed by atoms with Gasteiger partial charge in [0, 0.05) is 24.2 Å². The molecule has 0 aliphatic carbocycles. The summed E-state index contributed by atoms with van der Waals surface area (Å²) in [5.74, 6) is -0.349. The molecule has 2 heterocycles. The summed E-state index contributed by atoms with van der Waals surface area (Å²) in [5, 5.41) is 7.01. The number of aromatic nitrogens is 2. The number of morpholine rings is 1. The van der Waals surface area contributed by atoms with Crippen molar-refractivity contribution in [2.45, 2.75) is 18.4 Å². The zero-order valence-corrected chi connectivity index (χ0v) is 16.8. The van der Waals surface area contributed by atoms with E-state index in [4.69, 9.17) is 4.74 Å². The summed E-state index contributed by atoms with van der Waals surface area (Å²) >= 11 is 0. The van der Waals surface area contributed by atoms with Gasteiger partial charge in [-0.2, -0.15) is 13.1 Å². The third-order valence-corrected chi connectivity index (χ3v) is 6.79. The third kappa shape index (κ3) is 3.75. The normalized spacial score (nSPS) is 15.8. The van der Waals surface area contributed by atoms with Gasteiger partial charge in [-0.05, 0) is 48.9 Å². The Kier molecular flexibility index (Phi) is 5.43. The van der Waals surface area contributed by atoms with Gasteiger partial charge in [0.05, 0.1) is 23.6 Å². The molecule has 0 saturated carbocycles. The van der Waals surface area contributed by atoms with Crippen LogP contribution in [0.4, 0.5) is 24.7 Å². The van der Waals surface area contributed by atoms with E-state index >= 15 is 0 Å². The lowest BCUT2D eigenvalue weighted by molar-refractivity contribution is 0.0618. The van der Waals surface area contributed by atoms with Crippen LogP contribution in [0.3, 0.4) is 0 Å². The molecule has 30 heavy (non-hydrogen) atoms. The van der Waals surface area contributed by atoms with Crippen molar-refractivity contribution >= 4 is 32.4 Å². The van der Waals surface area contributed by atoms with Gasteiger partial charge in [0.25, 0.3) is 0 Å². The Hall–Kier alpha value is -2.63. The average Bonchev–Trinajstić information content (AvgIpc) is 3.09. The van der Waals surface area contributed by atoms with E-state index in [2.05, 4.69) is 10.4 Å². The Labute approximate surface area is 171 Å². The summed E-state index contributed by atoms with van der Waals surface area (Å²) in [6.07, 6.45) is 0. The number of aryl methyl sites for hydroxylation is 1. The summed E-state index contributed by atoms with van der Waals surface area (Å²) in [5.41, 5.74) is 0.886. The Morgan fingerprint density at radius 1 is 1.13 bits per heavy atom. The zero-order valence-electron chi connectivity index (χ0n) is 16.0. The molecular formula is C19H19F3N4O3S. The molecule has 0 amide bonds. The molecule has 1 aliphatic rings. The maximum absolute atomic E-state index is 13.5. The van der Waals surface area contributed by atoms with E-state index in [0.717, 1.165) is 0 Å². The first-order valence-corrected chi connectivity index (χ1v) is 10.6. The van der Waals surface area contributed by atoms with Crippen molar-refractivity contribution in [2.24, 2.45) is 0 Å². The van der Waals surface area contributed by atoms with E-state index in [-0.39, 0.29) is 34.7 Å². The summed E-state index contributed by atoms with van der Waals surface area (Å²) in [6.45, 7) is -0.320. The molecule has 1 saturated heterocycles. The highest BCUT2D eigenvalue weighted by Crippen LogP contribution is 2.32. The number of hydrogen-bond acceptors (Lipinski definition) is 5. The highest BCUT2D eigenvalue weighted by Gasteiger charge is 2.28. The van der Waals surface area contributed by atoms with E-state index in [1.807, 2.05) is 0 Å². The Balaban J connectivity index is 1.79. The fourth-order valence-corrected chi connectivity index (χ4v) is 4.75. The van der Waals surface area contributed by atoms with Gasteiger partial charge < -0.3 is 10.1 Å². The lowest BCUT2D eigenvalue weighted by atomic mass is 10.2. The SMILES string of the molecule is Cc1cc(Nc2nn(C(F)F)c3ccc(S(=O)(=O)N4CCOCC4)cc23)ccc1F. The van der Waals surface area contributed by atoms with Crippen LogP contribution in [0, 0.1) is 12.7 Å². The van der Waals surface area contributed by atoms with Crippen LogP contribution >= 0.6 is 0 Å². The third-order valence-electron chi connectivity index (χ3n) is 4.89. The quantitative estimate of drug-likeness (QED) is 0.656. The minimum Gasteiger partial charge on any atom is -0.379 e. The minimum atomic E-state index is -3.82. The van der Waals surface area contributed by atoms with Crippen LogP contribution in [0.25, 0.3) is 10.9 Å². The van der Waals surface area contributed by atoms with Gasteiger partial charge in [0.2, 0.25) is 10.0 Å². The highest BCUT2D eigenvalue weighted by atomic mass is 32.2. The van der Waals surface area contributed by atoms with Crippen molar-refractivity contribution in [3.63, 3.8) is 0 Å². The van der Waals surface area contributed by atoms with Crippen LogP contribution in [-0.2, 0) is 14.8 Å². The second-order valence-corrected chi connectivity index (χ2v) is 8.79. The van der Waals surface area contributed by atoms with Gasteiger partial charge in [0.1, 0.15) is 5.82 Å². The second-order valence-electron chi connectivity index (χ2n) is 6.86.